The van der Waals surface area contributed by atoms with Gasteiger partial charge in [-0.05, 0) is 60.5 Å². The van der Waals surface area contributed by atoms with Crippen LogP contribution in [-0.4, -0.2) is 72.3 Å². The molecule has 2 aromatic heterocycles. The minimum absolute atomic E-state index is 0.0806. The van der Waals surface area contributed by atoms with Gasteiger partial charge in [0.05, 0.1) is 6.20 Å². The monoisotopic (exact) mass is 568 g/mol. The van der Waals surface area contributed by atoms with E-state index in [1.54, 1.807) is 10.7 Å². The molecule has 0 aliphatic carbocycles. The number of alkyl halides is 3. The number of rotatable bonds is 2. The number of carboxylic acid groups (broad SMARTS) is 1. The van der Waals surface area contributed by atoms with Gasteiger partial charge < -0.3 is 19.5 Å². The molecule has 3 amide bonds. The summed E-state index contributed by atoms with van der Waals surface area (Å²) in [6.07, 6.45) is -6.80. The molecule has 2 aromatic rings. The van der Waals surface area contributed by atoms with E-state index < -0.39 is 52.6 Å². The van der Waals surface area contributed by atoms with Crippen molar-refractivity contribution in [3.05, 3.63) is 23.7 Å². The van der Waals surface area contributed by atoms with Crippen LogP contribution in [0.15, 0.2) is 12.3 Å². The Morgan fingerprint density at radius 2 is 1.55 bits per heavy atom. The molecule has 15 heteroatoms. The topological polar surface area (TPSA) is 140 Å². The summed E-state index contributed by atoms with van der Waals surface area (Å²) in [5, 5.41) is 13.8. The highest BCUT2D eigenvalue weighted by Gasteiger charge is 2.48. The van der Waals surface area contributed by atoms with Crippen molar-refractivity contribution in [2.24, 2.45) is 0 Å². The summed E-state index contributed by atoms with van der Waals surface area (Å²) in [5.74, 6) is -1.10. The molecule has 0 radical (unpaired) electrons. The Hall–Kier alpha value is -3.91. The van der Waals surface area contributed by atoms with E-state index in [4.69, 9.17) is 9.47 Å². The SMILES string of the molecule is CC(C)(C)OC(=O)N(C(=O)OC(C)(C)C)c1ncc(-c2cc3n(n2)CC[C@@]32CCN(C(=O)O)C2)nc1C(F)(F)F. The maximum atomic E-state index is 14.3. The summed E-state index contributed by atoms with van der Waals surface area (Å²) in [4.78, 5) is 46.3. The van der Waals surface area contributed by atoms with Gasteiger partial charge in [-0.1, -0.05) is 0 Å². The molecule has 1 atom stereocenters. The second kappa shape index (κ2) is 9.63. The van der Waals surface area contributed by atoms with Crippen molar-refractivity contribution in [2.45, 2.75) is 83.7 Å². The first kappa shape index (κ1) is 29.1. The molecule has 0 unspecified atom stereocenters. The number of amides is 3. The molecule has 40 heavy (non-hydrogen) atoms. The molecule has 4 rings (SSSR count). The number of likely N-dealkylation sites (tertiary alicyclic amines) is 1. The van der Waals surface area contributed by atoms with Crippen molar-refractivity contribution in [2.75, 3.05) is 18.0 Å². The van der Waals surface area contributed by atoms with Gasteiger partial charge in [0, 0.05) is 30.7 Å². The number of halogens is 3. The van der Waals surface area contributed by atoms with E-state index in [1.807, 2.05) is 0 Å². The van der Waals surface area contributed by atoms with Gasteiger partial charge in [-0.25, -0.2) is 24.4 Å². The second-order valence-electron chi connectivity index (χ2n) is 11.8. The average Bonchev–Trinajstić information content (AvgIpc) is 3.48. The molecular weight excluding hydrogens is 537 g/mol. The number of imide groups is 1. The normalized spacial score (nSPS) is 19.1. The quantitative estimate of drug-likeness (QED) is 0.526. The number of hydrogen-bond acceptors (Lipinski definition) is 8. The van der Waals surface area contributed by atoms with Gasteiger partial charge in [0.15, 0.2) is 11.5 Å². The predicted octanol–water partition coefficient (Wildman–Crippen LogP) is 5.06. The standard InChI is InChI=1S/C25H31F3N6O6/c1-22(2,3)39-20(37)34(21(38)40-23(4,5)6)18-17(25(26,27)28)30-15(12-29-18)14-11-16-24(8-10-33(16)31-14)7-9-32(13-24)19(35)36/h11-12H,7-10,13H2,1-6H3,(H,35,36)/t24-/m1/s1. The first-order valence-corrected chi connectivity index (χ1v) is 12.6. The Kier molecular flexibility index (Phi) is 7.00. The fourth-order valence-corrected chi connectivity index (χ4v) is 4.76. The summed E-state index contributed by atoms with van der Waals surface area (Å²) in [7, 11) is 0. The van der Waals surface area contributed by atoms with E-state index >= 15 is 0 Å². The molecule has 0 bridgehead atoms. The van der Waals surface area contributed by atoms with E-state index in [-0.39, 0.29) is 22.8 Å². The van der Waals surface area contributed by atoms with Gasteiger partial charge in [0.25, 0.3) is 0 Å². The van der Waals surface area contributed by atoms with Crippen LogP contribution in [0.4, 0.5) is 33.4 Å². The van der Waals surface area contributed by atoms with E-state index in [1.165, 1.54) is 46.4 Å². The highest BCUT2D eigenvalue weighted by Crippen LogP contribution is 2.44. The predicted molar refractivity (Wildman–Crippen MR) is 134 cm³/mol. The van der Waals surface area contributed by atoms with Crippen molar-refractivity contribution < 1.29 is 42.1 Å². The highest BCUT2D eigenvalue weighted by atomic mass is 19.4. The number of hydrogen-bond donors (Lipinski definition) is 1. The Balaban J connectivity index is 1.76. The number of nitrogens with zero attached hydrogens (tertiary/aromatic N) is 6. The first-order valence-electron chi connectivity index (χ1n) is 12.6. The molecule has 218 valence electrons. The molecule has 1 N–H and O–H groups in total. The van der Waals surface area contributed by atoms with E-state index in [0.717, 1.165) is 6.20 Å². The lowest BCUT2D eigenvalue weighted by molar-refractivity contribution is -0.140. The molecular formula is C25H31F3N6O6. The summed E-state index contributed by atoms with van der Waals surface area (Å²) >= 11 is 0. The summed E-state index contributed by atoms with van der Waals surface area (Å²) < 4.78 is 54.9. The van der Waals surface area contributed by atoms with Crippen LogP contribution >= 0.6 is 0 Å². The Bertz CT molecular complexity index is 1320. The lowest BCUT2D eigenvalue weighted by Gasteiger charge is -2.28. The lowest BCUT2D eigenvalue weighted by Crippen LogP contribution is -2.45. The number of aromatic nitrogens is 4. The maximum Gasteiger partial charge on any atom is 0.437 e. The van der Waals surface area contributed by atoms with E-state index in [0.29, 0.717) is 31.6 Å². The third-order valence-electron chi connectivity index (χ3n) is 6.40. The summed E-state index contributed by atoms with van der Waals surface area (Å²) in [5.41, 5.74) is -3.84. The number of fused-ring (bicyclic) bond motifs is 2. The maximum absolute atomic E-state index is 14.3. The molecule has 12 nitrogen and oxygen atoms in total. The van der Waals surface area contributed by atoms with Crippen LogP contribution in [0, 0.1) is 0 Å². The fourth-order valence-electron chi connectivity index (χ4n) is 4.76. The smallest absolute Gasteiger partial charge is 0.437 e. The zero-order valence-electron chi connectivity index (χ0n) is 23.0. The minimum atomic E-state index is -5.13. The number of carbonyl (C=O) groups is 3. The third-order valence-corrected chi connectivity index (χ3v) is 6.40. The highest BCUT2D eigenvalue weighted by molar-refractivity contribution is 6.09. The Morgan fingerprint density at radius 3 is 2.05 bits per heavy atom. The van der Waals surface area contributed by atoms with Crippen molar-refractivity contribution in [3.8, 4) is 11.4 Å². The largest absolute Gasteiger partial charge is 0.465 e. The van der Waals surface area contributed by atoms with Crippen molar-refractivity contribution in [1.82, 2.24) is 24.6 Å². The Morgan fingerprint density at radius 1 is 0.975 bits per heavy atom. The van der Waals surface area contributed by atoms with Crippen LogP contribution in [0.2, 0.25) is 0 Å². The lowest BCUT2D eigenvalue weighted by atomic mass is 9.82. The van der Waals surface area contributed by atoms with Crippen LogP contribution in [0.3, 0.4) is 0 Å². The summed E-state index contributed by atoms with van der Waals surface area (Å²) in [6.45, 7) is 9.99. The fraction of sp³-hybridized carbons (Fsp3) is 0.600. The molecule has 2 aliphatic heterocycles. The minimum Gasteiger partial charge on any atom is -0.465 e. The molecule has 4 heterocycles. The van der Waals surface area contributed by atoms with Crippen LogP contribution < -0.4 is 4.90 Å². The number of anilines is 1. The number of aryl methyl sites for hydroxylation is 1. The summed E-state index contributed by atoms with van der Waals surface area (Å²) in [6, 6.07) is 1.59. The molecule has 1 saturated heterocycles. The molecule has 1 fully saturated rings. The van der Waals surface area contributed by atoms with E-state index in [9.17, 15) is 32.7 Å². The van der Waals surface area contributed by atoms with E-state index in [2.05, 4.69) is 15.1 Å². The van der Waals surface area contributed by atoms with Crippen molar-refractivity contribution >= 4 is 24.1 Å². The molecule has 2 aliphatic rings. The van der Waals surface area contributed by atoms with Gasteiger partial charge in [0.1, 0.15) is 22.6 Å². The van der Waals surface area contributed by atoms with Crippen LogP contribution in [0.25, 0.3) is 11.4 Å². The molecule has 0 saturated carbocycles. The van der Waals surface area contributed by atoms with Crippen LogP contribution in [0.5, 0.6) is 0 Å². The van der Waals surface area contributed by atoms with Gasteiger partial charge >= 0.3 is 24.5 Å². The third kappa shape index (κ3) is 5.82. The molecule has 1 spiro atoms. The van der Waals surface area contributed by atoms with Crippen molar-refractivity contribution in [1.29, 1.82) is 0 Å². The van der Waals surface area contributed by atoms with Gasteiger partial charge in [-0.15, -0.1) is 0 Å². The zero-order valence-corrected chi connectivity index (χ0v) is 23.0. The second-order valence-corrected chi connectivity index (χ2v) is 11.8. The zero-order chi connectivity index (χ0) is 29.8. The van der Waals surface area contributed by atoms with Crippen LogP contribution in [0.1, 0.15) is 65.8 Å². The first-order chi connectivity index (χ1) is 18.3. The van der Waals surface area contributed by atoms with Gasteiger partial charge in [-0.2, -0.15) is 23.2 Å². The number of ether oxygens (including phenoxy) is 2. The van der Waals surface area contributed by atoms with Gasteiger partial charge in [0.2, 0.25) is 0 Å². The Labute approximate surface area is 228 Å². The molecule has 0 aromatic carbocycles. The number of carbonyl (C=O) groups excluding carboxylic acids is 2. The average molecular weight is 569 g/mol. The van der Waals surface area contributed by atoms with Crippen LogP contribution in [-0.2, 0) is 27.6 Å². The van der Waals surface area contributed by atoms with Crippen molar-refractivity contribution in [3.63, 3.8) is 0 Å². The van der Waals surface area contributed by atoms with Gasteiger partial charge in [-0.3, -0.25) is 4.68 Å².